The maximum Gasteiger partial charge on any atom is 0.257 e. The zero-order valence-electron chi connectivity index (χ0n) is 15.0. The number of halogens is 1. The number of carbonyl (C=O) groups is 1. The number of sulfonamides is 1. The van der Waals surface area contributed by atoms with Crippen LogP contribution in [0.1, 0.15) is 29.6 Å². The zero-order chi connectivity index (χ0) is 19.7. The summed E-state index contributed by atoms with van der Waals surface area (Å²) in [6.45, 7) is 1.11. The molecule has 0 saturated carbocycles. The van der Waals surface area contributed by atoms with E-state index in [-0.39, 0.29) is 22.3 Å². The Morgan fingerprint density at radius 2 is 1.75 bits per heavy atom. The molecule has 0 bridgehead atoms. The van der Waals surface area contributed by atoms with E-state index in [1.807, 2.05) is 0 Å². The lowest BCUT2D eigenvalue weighted by Crippen LogP contribution is -2.35. The molecule has 1 fully saturated rings. The Morgan fingerprint density at radius 3 is 2.54 bits per heavy atom. The van der Waals surface area contributed by atoms with Gasteiger partial charge in [-0.25, -0.2) is 8.42 Å². The lowest BCUT2D eigenvalue weighted by atomic mass is 10.2. The van der Waals surface area contributed by atoms with Gasteiger partial charge in [-0.15, -0.1) is 0 Å². The number of rotatable bonds is 4. The molecule has 4 rings (SSSR count). The quantitative estimate of drug-likeness (QED) is 0.815. The second kappa shape index (κ2) is 7.62. The van der Waals surface area contributed by atoms with Crippen LogP contribution in [0.2, 0.25) is 5.02 Å². The lowest BCUT2D eigenvalue weighted by molar-refractivity contribution is 0.102. The minimum atomic E-state index is -3.66. The van der Waals surface area contributed by atoms with Crippen molar-refractivity contribution in [1.82, 2.24) is 4.31 Å². The molecule has 0 radical (unpaired) electrons. The van der Waals surface area contributed by atoms with Crippen LogP contribution in [0.3, 0.4) is 0 Å². The predicted molar refractivity (Wildman–Crippen MR) is 105 cm³/mol. The highest BCUT2D eigenvalue weighted by Gasteiger charge is 2.27. The van der Waals surface area contributed by atoms with Crippen LogP contribution in [0.15, 0.2) is 41.3 Å². The highest BCUT2D eigenvalue weighted by molar-refractivity contribution is 7.89. The summed E-state index contributed by atoms with van der Waals surface area (Å²) in [5, 5.41) is 2.90. The predicted octanol–water partition coefficient (Wildman–Crippen LogP) is 3.50. The van der Waals surface area contributed by atoms with Crippen molar-refractivity contribution >= 4 is 33.2 Å². The molecule has 0 aromatic heterocycles. The summed E-state index contributed by atoms with van der Waals surface area (Å²) < 4.78 is 37.8. The Hall–Kier alpha value is -2.29. The standard InChI is InChI=1S/C19H19ClN2O5S/c20-16-6-5-14(28(24,25)22-8-2-1-3-9-22)11-15(16)19(23)21-13-4-7-17-18(10-13)27-12-26-17/h4-7,10-11H,1-3,8-9,12H2,(H,21,23). The van der Waals surface area contributed by atoms with Gasteiger partial charge in [0.25, 0.3) is 5.91 Å². The van der Waals surface area contributed by atoms with Crippen LogP contribution in [-0.4, -0.2) is 38.5 Å². The molecule has 9 heteroatoms. The van der Waals surface area contributed by atoms with E-state index in [0.29, 0.717) is 30.3 Å². The first-order valence-corrected chi connectivity index (χ1v) is 10.8. The minimum Gasteiger partial charge on any atom is -0.454 e. The molecule has 2 aromatic carbocycles. The van der Waals surface area contributed by atoms with Gasteiger partial charge in [-0.3, -0.25) is 4.79 Å². The van der Waals surface area contributed by atoms with Gasteiger partial charge in [0.1, 0.15) is 0 Å². The van der Waals surface area contributed by atoms with E-state index in [1.165, 1.54) is 22.5 Å². The smallest absolute Gasteiger partial charge is 0.257 e. The highest BCUT2D eigenvalue weighted by Crippen LogP contribution is 2.34. The lowest BCUT2D eigenvalue weighted by Gasteiger charge is -2.26. The van der Waals surface area contributed by atoms with Gasteiger partial charge in [0.15, 0.2) is 11.5 Å². The van der Waals surface area contributed by atoms with E-state index < -0.39 is 15.9 Å². The van der Waals surface area contributed by atoms with Crippen molar-refractivity contribution < 1.29 is 22.7 Å². The average Bonchev–Trinajstić information content (AvgIpc) is 3.16. The molecule has 0 atom stereocenters. The Kier molecular flexibility index (Phi) is 5.18. The van der Waals surface area contributed by atoms with Gasteiger partial charge in [-0.2, -0.15) is 4.31 Å². The van der Waals surface area contributed by atoms with Crippen molar-refractivity contribution in [2.45, 2.75) is 24.2 Å². The molecule has 1 amide bonds. The molecule has 0 unspecified atom stereocenters. The van der Waals surface area contributed by atoms with Crippen LogP contribution >= 0.6 is 11.6 Å². The molecule has 2 aliphatic rings. The largest absolute Gasteiger partial charge is 0.454 e. The van der Waals surface area contributed by atoms with Crippen molar-refractivity contribution in [3.05, 3.63) is 47.0 Å². The Morgan fingerprint density at radius 1 is 1.00 bits per heavy atom. The third-order valence-corrected chi connectivity index (χ3v) is 6.99. The van der Waals surface area contributed by atoms with E-state index in [0.717, 1.165) is 19.3 Å². The summed E-state index contributed by atoms with van der Waals surface area (Å²) in [7, 11) is -3.66. The fraction of sp³-hybridized carbons (Fsp3) is 0.316. The summed E-state index contributed by atoms with van der Waals surface area (Å²) in [6, 6.07) is 9.21. The van der Waals surface area contributed by atoms with Gasteiger partial charge in [0, 0.05) is 24.8 Å². The number of nitrogens with zero attached hydrogens (tertiary/aromatic N) is 1. The second-order valence-corrected chi connectivity index (χ2v) is 8.97. The van der Waals surface area contributed by atoms with Gasteiger partial charge in [0.05, 0.1) is 15.5 Å². The third-order valence-electron chi connectivity index (χ3n) is 4.77. The first kappa shape index (κ1) is 19.0. The van der Waals surface area contributed by atoms with Crippen LogP contribution in [0, 0.1) is 0 Å². The van der Waals surface area contributed by atoms with Gasteiger partial charge in [-0.1, -0.05) is 18.0 Å². The monoisotopic (exact) mass is 422 g/mol. The minimum absolute atomic E-state index is 0.0645. The molecule has 148 valence electrons. The summed E-state index contributed by atoms with van der Waals surface area (Å²) in [4.78, 5) is 12.8. The highest BCUT2D eigenvalue weighted by atomic mass is 35.5. The fourth-order valence-corrected chi connectivity index (χ4v) is 5.01. The molecule has 1 N–H and O–H groups in total. The first-order chi connectivity index (χ1) is 13.4. The third kappa shape index (κ3) is 3.67. The number of carbonyl (C=O) groups excluding carboxylic acids is 1. The molecular formula is C19H19ClN2O5S. The number of piperidine rings is 1. The second-order valence-electron chi connectivity index (χ2n) is 6.63. The van der Waals surface area contributed by atoms with Crippen molar-refractivity contribution in [1.29, 1.82) is 0 Å². The Balaban J connectivity index is 1.59. The Bertz CT molecular complexity index is 1020. The number of anilines is 1. The number of nitrogens with one attached hydrogen (secondary N) is 1. The average molecular weight is 423 g/mol. The number of benzene rings is 2. The number of fused-ring (bicyclic) bond motifs is 1. The molecule has 2 aliphatic heterocycles. The van der Waals surface area contributed by atoms with Crippen molar-refractivity contribution in [3.63, 3.8) is 0 Å². The van der Waals surface area contributed by atoms with Crippen molar-refractivity contribution in [2.75, 3.05) is 25.2 Å². The van der Waals surface area contributed by atoms with Crippen LogP contribution < -0.4 is 14.8 Å². The van der Waals surface area contributed by atoms with Crippen LogP contribution in [0.4, 0.5) is 5.69 Å². The van der Waals surface area contributed by atoms with Crippen LogP contribution in [0.25, 0.3) is 0 Å². The molecule has 2 aromatic rings. The van der Waals surface area contributed by atoms with Gasteiger partial charge in [0.2, 0.25) is 16.8 Å². The number of hydrogen-bond donors (Lipinski definition) is 1. The SMILES string of the molecule is O=C(Nc1ccc2c(c1)OCO2)c1cc(S(=O)(=O)N2CCCCC2)ccc1Cl. The summed E-state index contributed by atoms with van der Waals surface area (Å²) in [5.74, 6) is 0.635. The molecular weight excluding hydrogens is 404 g/mol. The van der Waals surface area contributed by atoms with Gasteiger partial charge < -0.3 is 14.8 Å². The van der Waals surface area contributed by atoms with Crippen molar-refractivity contribution in [3.8, 4) is 11.5 Å². The van der Waals surface area contributed by atoms with E-state index in [1.54, 1.807) is 18.2 Å². The van der Waals surface area contributed by atoms with E-state index in [9.17, 15) is 13.2 Å². The summed E-state index contributed by atoms with van der Waals surface area (Å²) in [6.07, 6.45) is 2.70. The van der Waals surface area contributed by atoms with Gasteiger partial charge >= 0.3 is 0 Å². The van der Waals surface area contributed by atoms with E-state index in [4.69, 9.17) is 21.1 Å². The number of hydrogen-bond acceptors (Lipinski definition) is 5. The van der Waals surface area contributed by atoms with E-state index >= 15 is 0 Å². The van der Waals surface area contributed by atoms with Crippen molar-refractivity contribution in [2.24, 2.45) is 0 Å². The summed E-state index contributed by atoms with van der Waals surface area (Å²) >= 11 is 6.17. The van der Waals surface area contributed by atoms with Crippen LogP contribution in [-0.2, 0) is 10.0 Å². The molecule has 28 heavy (non-hydrogen) atoms. The van der Waals surface area contributed by atoms with E-state index in [2.05, 4.69) is 5.32 Å². The normalized spacial score (nSPS) is 16.8. The molecule has 0 aliphatic carbocycles. The number of amides is 1. The maximum absolute atomic E-state index is 12.9. The maximum atomic E-state index is 12.9. The Labute approximate surface area is 168 Å². The zero-order valence-corrected chi connectivity index (χ0v) is 16.6. The van der Waals surface area contributed by atoms with Crippen LogP contribution in [0.5, 0.6) is 11.5 Å². The molecule has 7 nitrogen and oxygen atoms in total. The summed E-state index contributed by atoms with van der Waals surface area (Å²) in [5.41, 5.74) is 0.590. The van der Waals surface area contributed by atoms with Gasteiger partial charge in [-0.05, 0) is 43.2 Å². The number of ether oxygens (including phenoxy) is 2. The molecule has 1 saturated heterocycles. The fourth-order valence-electron chi connectivity index (χ4n) is 3.27. The molecule has 0 spiro atoms. The topological polar surface area (TPSA) is 84.9 Å². The first-order valence-electron chi connectivity index (χ1n) is 8.96. The molecule has 2 heterocycles.